The highest BCUT2D eigenvalue weighted by Gasteiger charge is 2.28. The Morgan fingerprint density at radius 1 is 1.25 bits per heavy atom. The van der Waals surface area contributed by atoms with E-state index >= 15 is 0 Å². The molecule has 0 aliphatic carbocycles. The summed E-state index contributed by atoms with van der Waals surface area (Å²) in [6, 6.07) is 5.59. The van der Waals surface area contributed by atoms with E-state index in [1.165, 1.54) is 18.4 Å². The number of anilines is 1. The van der Waals surface area contributed by atoms with Crippen molar-refractivity contribution in [2.24, 2.45) is 0 Å². The molecule has 1 atom stereocenters. The summed E-state index contributed by atoms with van der Waals surface area (Å²) in [5.41, 5.74) is 2.27. The van der Waals surface area contributed by atoms with Crippen molar-refractivity contribution in [2.75, 3.05) is 24.9 Å². The van der Waals surface area contributed by atoms with Crippen molar-refractivity contribution in [3.63, 3.8) is 0 Å². The lowest BCUT2D eigenvalue weighted by atomic mass is 10.1. The second-order valence-electron chi connectivity index (χ2n) is 6.34. The first-order valence-corrected chi connectivity index (χ1v) is 9.56. The van der Waals surface area contributed by atoms with Crippen LogP contribution in [0.2, 0.25) is 0 Å². The number of nitrogens with one attached hydrogen (secondary N) is 1. The van der Waals surface area contributed by atoms with Crippen LogP contribution in [0.1, 0.15) is 37.8 Å². The zero-order valence-corrected chi connectivity index (χ0v) is 16.3. The minimum absolute atomic E-state index is 0.0185. The SMILES string of the molecule is CCC[C@H](C)NC(=O)CN(c1cc(C)ccc1C)S(=O)(=O)N(C)C. The monoisotopic (exact) mass is 355 g/mol. The van der Waals surface area contributed by atoms with Crippen LogP contribution >= 0.6 is 0 Å². The minimum atomic E-state index is -3.77. The average Bonchev–Trinajstić information content (AvgIpc) is 2.47. The van der Waals surface area contributed by atoms with Gasteiger partial charge in [-0.15, -0.1) is 0 Å². The maximum absolute atomic E-state index is 12.7. The number of aryl methyl sites for hydroxylation is 2. The third-order valence-corrected chi connectivity index (χ3v) is 5.60. The van der Waals surface area contributed by atoms with Gasteiger partial charge in [-0.2, -0.15) is 12.7 Å². The Labute approximate surface area is 146 Å². The molecule has 0 aliphatic heterocycles. The van der Waals surface area contributed by atoms with E-state index in [9.17, 15) is 13.2 Å². The molecule has 24 heavy (non-hydrogen) atoms. The molecule has 7 heteroatoms. The highest BCUT2D eigenvalue weighted by Crippen LogP contribution is 2.25. The number of nitrogens with zero attached hydrogens (tertiary/aromatic N) is 2. The molecule has 0 bridgehead atoms. The smallest absolute Gasteiger partial charge is 0.304 e. The first kappa shape index (κ1) is 20.4. The Morgan fingerprint density at radius 3 is 2.42 bits per heavy atom. The van der Waals surface area contributed by atoms with Gasteiger partial charge >= 0.3 is 10.2 Å². The van der Waals surface area contributed by atoms with Gasteiger partial charge in [0.1, 0.15) is 6.54 Å². The molecular weight excluding hydrogens is 326 g/mol. The summed E-state index contributed by atoms with van der Waals surface area (Å²) >= 11 is 0. The molecular formula is C17H29N3O3S. The Morgan fingerprint density at radius 2 is 1.88 bits per heavy atom. The van der Waals surface area contributed by atoms with Crippen LogP contribution in [-0.2, 0) is 15.0 Å². The van der Waals surface area contributed by atoms with Crippen molar-refractivity contribution in [1.82, 2.24) is 9.62 Å². The molecule has 6 nitrogen and oxygen atoms in total. The molecule has 1 aromatic carbocycles. The number of amides is 1. The van der Waals surface area contributed by atoms with Gasteiger partial charge in [-0.1, -0.05) is 25.5 Å². The van der Waals surface area contributed by atoms with Crippen LogP contribution in [0.25, 0.3) is 0 Å². The maximum atomic E-state index is 12.7. The Hall–Kier alpha value is -1.60. The van der Waals surface area contributed by atoms with Crippen LogP contribution in [0.15, 0.2) is 18.2 Å². The van der Waals surface area contributed by atoms with Gasteiger partial charge in [0.05, 0.1) is 5.69 Å². The first-order valence-electron chi connectivity index (χ1n) is 8.16. The van der Waals surface area contributed by atoms with E-state index < -0.39 is 10.2 Å². The Bertz CT molecular complexity index is 672. The van der Waals surface area contributed by atoms with E-state index in [-0.39, 0.29) is 18.5 Å². The Balaban J connectivity index is 3.17. The van der Waals surface area contributed by atoms with Crippen molar-refractivity contribution >= 4 is 21.8 Å². The number of hydrogen-bond acceptors (Lipinski definition) is 3. The summed E-state index contributed by atoms with van der Waals surface area (Å²) in [5.74, 6) is -0.303. The quantitative estimate of drug-likeness (QED) is 0.777. The normalized spacial score (nSPS) is 13.0. The summed E-state index contributed by atoms with van der Waals surface area (Å²) in [6.45, 7) is 7.46. The zero-order valence-electron chi connectivity index (χ0n) is 15.5. The van der Waals surface area contributed by atoms with Gasteiger partial charge in [-0.3, -0.25) is 4.79 Å². The molecule has 0 saturated carbocycles. The first-order chi connectivity index (χ1) is 11.1. The largest absolute Gasteiger partial charge is 0.352 e. The molecule has 0 aromatic heterocycles. The molecule has 0 unspecified atom stereocenters. The maximum Gasteiger partial charge on any atom is 0.304 e. The number of carbonyl (C=O) groups excluding carboxylic acids is 1. The van der Waals surface area contributed by atoms with Crippen LogP contribution in [0.4, 0.5) is 5.69 Å². The summed E-state index contributed by atoms with van der Waals surface area (Å²) in [4.78, 5) is 12.3. The van der Waals surface area contributed by atoms with Gasteiger partial charge in [0.25, 0.3) is 0 Å². The fourth-order valence-corrected chi connectivity index (χ4v) is 3.55. The fraction of sp³-hybridized carbons (Fsp3) is 0.588. The standard InChI is InChI=1S/C17H29N3O3S/c1-7-8-15(4)18-17(21)12-20(24(22,23)19(5)6)16-11-13(2)9-10-14(16)3/h9-11,15H,7-8,12H2,1-6H3,(H,18,21)/t15-/m0/s1. The summed E-state index contributed by atoms with van der Waals surface area (Å²) in [5, 5.41) is 2.86. The van der Waals surface area contributed by atoms with Crippen LogP contribution in [0.5, 0.6) is 0 Å². The average molecular weight is 356 g/mol. The second-order valence-corrected chi connectivity index (χ2v) is 8.41. The number of carbonyl (C=O) groups is 1. The molecule has 0 saturated heterocycles. The van der Waals surface area contributed by atoms with Crippen LogP contribution in [0, 0.1) is 13.8 Å². The molecule has 0 spiro atoms. The molecule has 1 amide bonds. The fourth-order valence-electron chi connectivity index (χ4n) is 2.43. The zero-order chi connectivity index (χ0) is 18.5. The van der Waals surface area contributed by atoms with E-state index in [4.69, 9.17) is 0 Å². The van der Waals surface area contributed by atoms with Gasteiger partial charge in [-0.25, -0.2) is 4.31 Å². The lowest BCUT2D eigenvalue weighted by Gasteiger charge is -2.29. The number of benzene rings is 1. The van der Waals surface area contributed by atoms with Crippen LogP contribution in [-0.4, -0.2) is 45.3 Å². The predicted molar refractivity (Wildman–Crippen MR) is 98.4 cm³/mol. The third kappa shape index (κ3) is 5.21. The van der Waals surface area contributed by atoms with Crippen LogP contribution < -0.4 is 9.62 Å². The van der Waals surface area contributed by atoms with Gasteiger partial charge < -0.3 is 5.32 Å². The van der Waals surface area contributed by atoms with E-state index in [1.54, 1.807) is 6.07 Å². The molecule has 0 aliphatic rings. The van der Waals surface area contributed by atoms with Crippen molar-refractivity contribution in [3.05, 3.63) is 29.3 Å². The third-order valence-electron chi connectivity index (χ3n) is 3.79. The molecule has 1 rings (SSSR count). The predicted octanol–water partition coefficient (Wildman–Crippen LogP) is 2.22. The lowest BCUT2D eigenvalue weighted by Crippen LogP contribution is -2.47. The van der Waals surface area contributed by atoms with Gasteiger partial charge in [-0.05, 0) is 44.4 Å². The highest BCUT2D eigenvalue weighted by atomic mass is 32.2. The molecule has 136 valence electrons. The number of hydrogen-bond donors (Lipinski definition) is 1. The van der Waals surface area contributed by atoms with Crippen LogP contribution in [0.3, 0.4) is 0 Å². The lowest BCUT2D eigenvalue weighted by molar-refractivity contribution is -0.120. The Kier molecular flexibility index (Phi) is 7.23. The van der Waals surface area contributed by atoms with E-state index in [0.717, 1.165) is 28.3 Å². The second kappa shape index (κ2) is 8.48. The van der Waals surface area contributed by atoms with Crippen molar-refractivity contribution < 1.29 is 13.2 Å². The molecule has 0 fully saturated rings. The van der Waals surface area contributed by atoms with Crippen molar-refractivity contribution in [2.45, 2.75) is 46.6 Å². The molecule has 0 heterocycles. The molecule has 1 aromatic rings. The number of rotatable bonds is 8. The highest BCUT2D eigenvalue weighted by molar-refractivity contribution is 7.90. The molecule has 0 radical (unpaired) electrons. The minimum Gasteiger partial charge on any atom is -0.352 e. The van der Waals surface area contributed by atoms with Crippen molar-refractivity contribution in [3.8, 4) is 0 Å². The van der Waals surface area contributed by atoms with Gasteiger partial charge in [0, 0.05) is 20.1 Å². The summed E-state index contributed by atoms with van der Waals surface area (Å²) < 4.78 is 27.7. The van der Waals surface area contributed by atoms with Gasteiger partial charge in [0.2, 0.25) is 5.91 Å². The summed E-state index contributed by atoms with van der Waals surface area (Å²) in [6.07, 6.45) is 1.81. The van der Waals surface area contributed by atoms with Gasteiger partial charge in [0.15, 0.2) is 0 Å². The topological polar surface area (TPSA) is 69.7 Å². The van der Waals surface area contributed by atoms with Crippen molar-refractivity contribution in [1.29, 1.82) is 0 Å². The van der Waals surface area contributed by atoms with E-state index in [2.05, 4.69) is 5.32 Å². The molecule has 1 N–H and O–H groups in total. The van der Waals surface area contributed by atoms with E-state index in [0.29, 0.717) is 5.69 Å². The van der Waals surface area contributed by atoms with E-state index in [1.807, 2.05) is 39.8 Å². The summed E-state index contributed by atoms with van der Waals surface area (Å²) in [7, 11) is -0.842.